The summed E-state index contributed by atoms with van der Waals surface area (Å²) in [5, 5.41) is 12.7. The number of hydrogen-bond donors (Lipinski definition) is 4. The molecular weight excluding hydrogens is 396 g/mol. The number of primary amides is 1. The number of carbonyl (C=O) groups is 2. The average molecular weight is 409 g/mol. The molecule has 0 bridgehead atoms. The molecule has 0 saturated carbocycles. The third-order valence-corrected chi connectivity index (χ3v) is 4.41. The second-order valence-electron chi connectivity index (χ2n) is 6.30. The molecule has 8 nitrogen and oxygen atoms in total. The Morgan fingerprint density at radius 3 is 2.63 bits per heavy atom. The van der Waals surface area contributed by atoms with Crippen LogP contribution in [-0.4, -0.2) is 31.7 Å². The molecule has 0 unspecified atom stereocenters. The molecule has 0 aliphatic rings. The average Bonchev–Trinajstić information content (AvgIpc) is 3.13. The number of aromatic nitrogens is 3. The number of nitrogens with two attached hydrogens (primary N) is 1. The van der Waals surface area contributed by atoms with Crippen LogP contribution in [0.3, 0.4) is 0 Å². The van der Waals surface area contributed by atoms with Crippen LogP contribution < -0.4 is 11.1 Å². The first-order chi connectivity index (χ1) is 14.4. The number of carbonyl (C=O) groups excluding carboxylic acids is 2. The fraction of sp³-hybridized carbons (Fsp3) is 0. The fourth-order valence-corrected chi connectivity index (χ4v) is 3.04. The van der Waals surface area contributed by atoms with Gasteiger partial charge in [0.25, 0.3) is 5.91 Å². The molecule has 0 atom stereocenters. The van der Waals surface area contributed by atoms with Crippen molar-refractivity contribution >= 4 is 34.2 Å². The first-order valence-electron chi connectivity index (χ1n) is 8.57. The Balaban J connectivity index is 1.86. The summed E-state index contributed by atoms with van der Waals surface area (Å²) < 4.78 is 29.0. The number of halogens is 2. The van der Waals surface area contributed by atoms with Gasteiger partial charge >= 0.3 is 0 Å². The zero-order valence-corrected chi connectivity index (χ0v) is 15.1. The van der Waals surface area contributed by atoms with Crippen molar-refractivity contribution in [3.63, 3.8) is 0 Å². The number of amides is 1. The molecule has 5 N–H and O–H groups in total. The quantitative estimate of drug-likeness (QED) is 0.374. The normalized spacial score (nSPS) is 10.9. The van der Waals surface area contributed by atoms with E-state index in [1.54, 1.807) is 12.1 Å². The van der Waals surface area contributed by atoms with E-state index >= 15 is 0 Å². The summed E-state index contributed by atoms with van der Waals surface area (Å²) in [7, 11) is 0. The highest BCUT2D eigenvalue weighted by Crippen LogP contribution is 2.30. The van der Waals surface area contributed by atoms with Gasteiger partial charge in [-0.1, -0.05) is 6.07 Å². The topological polar surface area (TPSA) is 134 Å². The van der Waals surface area contributed by atoms with Crippen LogP contribution >= 0.6 is 0 Å². The van der Waals surface area contributed by atoms with Crippen molar-refractivity contribution < 1.29 is 23.5 Å². The smallest absolute Gasteiger partial charge is 0.251 e. The molecule has 0 aliphatic carbocycles. The number of H-pyrrole nitrogens is 1. The first kappa shape index (κ1) is 19.0. The molecule has 2 aromatic heterocycles. The SMILES string of the molecule is NC(=O)c1ccc(F)c(C(=O)c2c[nH]c3ncnc(Nc4cccc(O)c4)c23)c1F. The van der Waals surface area contributed by atoms with Gasteiger partial charge in [-0.3, -0.25) is 9.59 Å². The van der Waals surface area contributed by atoms with E-state index in [2.05, 4.69) is 20.3 Å². The Morgan fingerprint density at radius 2 is 1.90 bits per heavy atom. The highest BCUT2D eigenvalue weighted by atomic mass is 19.1. The molecule has 0 spiro atoms. The van der Waals surface area contributed by atoms with Gasteiger partial charge in [0.2, 0.25) is 5.78 Å². The molecule has 10 heteroatoms. The van der Waals surface area contributed by atoms with E-state index in [1.807, 2.05) is 0 Å². The zero-order valence-electron chi connectivity index (χ0n) is 15.1. The van der Waals surface area contributed by atoms with Gasteiger partial charge in [-0.15, -0.1) is 0 Å². The Bertz CT molecular complexity index is 1320. The molecule has 2 aromatic carbocycles. The van der Waals surface area contributed by atoms with Gasteiger partial charge in [-0.25, -0.2) is 18.7 Å². The molecule has 30 heavy (non-hydrogen) atoms. The second kappa shape index (κ2) is 7.24. The Hall–Kier alpha value is -4.34. The lowest BCUT2D eigenvalue weighted by molar-refractivity contribution is 0.0996. The van der Waals surface area contributed by atoms with E-state index in [0.717, 1.165) is 12.1 Å². The van der Waals surface area contributed by atoms with Crippen LogP contribution in [0.15, 0.2) is 48.9 Å². The molecule has 2 heterocycles. The minimum absolute atomic E-state index is 0.00285. The van der Waals surface area contributed by atoms with Crippen molar-refractivity contribution in [3.05, 3.63) is 77.2 Å². The summed E-state index contributed by atoms with van der Waals surface area (Å²) in [6, 6.07) is 7.82. The minimum Gasteiger partial charge on any atom is -0.508 e. The number of hydrogen-bond acceptors (Lipinski definition) is 6. The standard InChI is InChI=1S/C20H13F2N5O3/c21-13-5-4-11(18(23)30)16(22)15(13)17(29)12-7-24-19-14(12)20(26-8-25-19)27-9-2-1-3-10(28)6-9/h1-8,28H,(H2,23,30)(H2,24,25,26,27). The van der Waals surface area contributed by atoms with Crippen LogP contribution in [-0.2, 0) is 0 Å². The van der Waals surface area contributed by atoms with E-state index in [1.165, 1.54) is 24.7 Å². The number of rotatable bonds is 5. The van der Waals surface area contributed by atoms with Gasteiger partial charge in [0.15, 0.2) is 0 Å². The van der Waals surface area contributed by atoms with Gasteiger partial charge in [0.1, 0.15) is 35.2 Å². The number of fused-ring (bicyclic) bond motifs is 1. The molecular formula is C20H13F2N5O3. The molecule has 0 fully saturated rings. The van der Waals surface area contributed by atoms with Gasteiger partial charge in [-0.05, 0) is 24.3 Å². The fourth-order valence-electron chi connectivity index (χ4n) is 3.04. The number of aromatic hydroxyl groups is 1. The summed E-state index contributed by atoms with van der Waals surface area (Å²) in [6.45, 7) is 0. The van der Waals surface area contributed by atoms with Crippen LogP contribution in [0.4, 0.5) is 20.3 Å². The van der Waals surface area contributed by atoms with Crippen molar-refractivity contribution in [2.24, 2.45) is 5.73 Å². The molecule has 4 aromatic rings. The van der Waals surface area contributed by atoms with Crippen LogP contribution in [0, 0.1) is 11.6 Å². The lowest BCUT2D eigenvalue weighted by atomic mass is 9.99. The first-order valence-corrected chi connectivity index (χ1v) is 8.57. The summed E-state index contributed by atoms with van der Waals surface area (Å²) in [5.41, 5.74) is 4.16. The number of nitrogens with one attached hydrogen (secondary N) is 2. The monoisotopic (exact) mass is 409 g/mol. The van der Waals surface area contributed by atoms with Crippen LogP contribution in [0.2, 0.25) is 0 Å². The van der Waals surface area contributed by atoms with E-state index in [4.69, 9.17) is 5.73 Å². The number of phenols is 1. The number of anilines is 2. The number of nitrogens with zero attached hydrogens (tertiary/aromatic N) is 2. The van der Waals surface area contributed by atoms with Gasteiger partial charge < -0.3 is 21.1 Å². The predicted molar refractivity (Wildman–Crippen MR) is 104 cm³/mol. The van der Waals surface area contributed by atoms with Crippen molar-refractivity contribution in [3.8, 4) is 5.75 Å². The number of ketones is 1. The zero-order chi connectivity index (χ0) is 21.4. The Kier molecular flexibility index (Phi) is 4.59. The molecule has 0 radical (unpaired) electrons. The van der Waals surface area contributed by atoms with Crippen LogP contribution in [0.25, 0.3) is 11.0 Å². The van der Waals surface area contributed by atoms with Gasteiger partial charge in [0, 0.05) is 18.0 Å². The van der Waals surface area contributed by atoms with E-state index in [-0.39, 0.29) is 28.2 Å². The van der Waals surface area contributed by atoms with Crippen molar-refractivity contribution in [2.75, 3.05) is 5.32 Å². The lowest BCUT2D eigenvalue weighted by Gasteiger charge is -2.09. The Labute approximate surface area is 167 Å². The lowest BCUT2D eigenvalue weighted by Crippen LogP contribution is -2.17. The molecule has 0 saturated heterocycles. The highest BCUT2D eigenvalue weighted by molar-refractivity contribution is 6.19. The largest absolute Gasteiger partial charge is 0.508 e. The van der Waals surface area contributed by atoms with Crippen LogP contribution in [0.1, 0.15) is 26.3 Å². The molecule has 150 valence electrons. The number of benzene rings is 2. The second-order valence-corrected chi connectivity index (χ2v) is 6.30. The van der Waals surface area contributed by atoms with Crippen molar-refractivity contribution in [1.29, 1.82) is 0 Å². The van der Waals surface area contributed by atoms with E-state index < -0.39 is 34.5 Å². The van der Waals surface area contributed by atoms with Crippen LogP contribution in [0.5, 0.6) is 5.75 Å². The maximum absolute atomic E-state index is 14.7. The number of aromatic amines is 1. The maximum Gasteiger partial charge on any atom is 0.251 e. The van der Waals surface area contributed by atoms with Crippen molar-refractivity contribution in [1.82, 2.24) is 15.0 Å². The molecule has 0 aliphatic heterocycles. The summed E-state index contributed by atoms with van der Waals surface area (Å²) in [6.07, 6.45) is 2.47. The summed E-state index contributed by atoms with van der Waals surface area (Å²) >= 11 is 0. The highest BCUT2D eigenvalue weighted by Gasteiger charge is 2.27. The van der Waals surface area contributed by atoms with E-state index in [0.29, 0.717) is 5.69 Å². The third-order valence-electron chi connectivity index (χ3n) is 4.41. The summed E-state index contributed by atoms with van der Waals surface area (Å²) in [5.74, 6) is -4.47. The van der Waals surface area contributed by atoms with E-state index in [9.17, 15) is 23.5 Å². The molecule has 1 amide bonds. The van der Waals surface area contributed by atoms with Gasteiger partial charge in [0.05, 0.1) is 22.1 Å². The number of phenolic OH excluding ortho intramolecular Hbond substituents is 1. The third kappa shape index (κ3) is 3.20. The van der Waals surface area contributed by atoms with Gasteiger partial charge in [-0.2, -0.15) is 0 Å². The summed E-state index contributed by atoms with van der Waals surface area (Å²) in [4.78, 5) is 35.3. The molecule has 4 rings (SSSR count). The maximum atomic E-state index is 14.7. The minimum atomic E-state index is -1.35. The Morgan fingerprint density at radius 1 is 1.10 bits per heavy atom. The van der Waals surface area contributed by atoms with Crippen molar-refractivity contribution in [2.45, 2.75) is 0 Å². The predicted octanol–water partition coefficient (Wildman–Crippen LogP) is 3.02.